The Balaban J connectivity index is 1.29. The molecular formula is C26H33N3O3. The first-order chi connectivity index (χ1) is 15.6. The number of benzene rings is 2. The van der Waals surface area contributed by atoms with Crippen molar-refractivity contribution in [2.45, 2.75) is 50.8 Å². The Morgan fingerprint density at radius 2 is 1.72 bits per heavy atom. The van der Waals surface area contributed by atoms with Gasteiger partial charge in [-0.25, -0.2) is 0 Å². The fourth-order valence-electron chi connectivity index (χ4n) is 5.26. The average molecular weight is 436 g/mol. The van der Waals surface area contributed by atoms with Crippen LogP contribution in [-0.4, -0.2) is 66.3 Å². The predicted molar refractivity (Wildman–Crippen MR) is 125 cm³/mol. The standard InChI is InChI=1S/C26H33N3O3/c1-3-20(2)28-19-29(21-9-5-4-6-10-21)26(25(28)30)13-15-27(16-14-26)17-22-18-31-23-11-7-8-12-24(23)32-22/h4-12,20,22H,3,13-19H2,1-2H3/t20-,22+/m0/s1. The summed E-state index contributed by atoms with van der Waals surface area (Å²) in [6, 6.07) is 18.5. The van der Waals surface area contributed by atoms with E-state index in [1.54, 1.807) is 0 Å². The first-order valence-corrected chi connectivity index (χ1v) is 11.9. The van der Waals surface area contributed by atoms with Crippen LogP contribution in [0.4, 0.5) is 5.69 Å². The van der Waals surface area contributed by atoms with Crippen LogP contribution in [0.1, 0.15) is 33.1 Å². The smallest absolute Gasteiger partial charge is 0.250 e. The molecule has 32 heavy (non-hydrogen) atoms. The monoisotopic (exact) mass is 435 g/mol. The lowest BCUT2D eigenvalue weighted by molar-refractivity contribution is -0.135. The van der Waals surface area contributed by atoms with Gasteiger partial charge in [0.1, 0.15) is 18.2 Å². The van der Waals surface area contributed by atoms with Crippen molar-refractivity contribution in [1.82, 2.24) is 9.80 Å². The Hall–Kier alpha value is -2.73. The predicted octanol–water partition coefficient (Wildman–Crippen LogP) is 3.77. The number of carbonyl (C=O) groups is 1. The lowest BCUT2D eigenvalue weighted by atomic mass is 9.85. The topological polar surface area (TPSA) is 45.2 Å². The molecule has 0 saturated carbocycles. The third-order valence-corrected chi connectivity index (χ3v) is 7.37. The SMILES string of the molecule is CC[C@H](C)N1CN(c2ccccc2)C2(CCN(C[C@@H]3COc4ccccc4O3)CC2)C1=O. The van der Waals surface area contributed by atoms with Gasteiger partial charge in [-0.15, -0.1) is 0 Å². The zero-order valence-corrected chi connectivity index (χ0v) is 19.1. The van der Waals surface area contributed by atoms with E-state index in [1.165, 1.54) is 0 Å². The molecule has 1 spiro atoms. The third kappa shape index (κ3) is 3.71. The zero-order chi connectivity index (χ0) is 22.1. The van der Waals surface area contributed by atoms with Crippen LogP contribution in [-0.2, 0) is 4.79 Å². The van der Waals surface area contributed by atoms with Gasteiger partial charge in [0.25, 0.3) is 0 Å². The lowest BCUT2D eigenvalue weighted by Gasteiger charge is -2.44. The summed E-state index contributed by atoms with van der Waals surface area (Å²) in [7, 11) is 0. The van der Waals surface area contributed by atoms with Crippen molar-refractivity contribution >= 4 is 11.6 Å². The van der Waals surface area contributed by atoms with Gasteiger partial charge in [-0.3, -0.25) is 9.69 Å². The number of nitrogens with zero attached hydrogens (tertiary/aromatic N) is 3. The van der Waals surface area contributed by atoms with Gasteiger partial charge in [0.15, 0.2) is 11.5 Å². The summed E-state index contributed by atoms with van der Waals surface area (Å²) >= 11 is 0. The quantitative estimate of drug-likeness (QED) is 0.716. The molecule has 0 radical (unpaired) electrons. The summed E-state index contributed by atoms with van der Waals surface area (Å²) in [5.41, 5.74) is 0.693. The number of rotatable bonds is 5. The number of piperidine rings is 1. The fraction of sp³-hybridized carbons (Fsp3) is 0.500. The van der Waals surface area contributed by atoms with Crippen molar-refractivity contribution in [3.63, 3.8) is 0 Å². The van der Waals surface area contributed by atoms with Gasteiger partial charge in [-0.05, 0) is 50.5 Å². The molecule has 170 valence electrons. The van der Waals surface area contributed by atoms with Gasteiger partial charge in [-0.2, -0.15) is 0 Å². The summed E-state index contributed by atoms with van der Waals surface area (Å²) in [4.78, 5) is 20.6. The Labute approximate surface area is 190 Å². The number of ether oxygens (including phenoxy) is 2. The molecule has 0 aromatic heterocycles. The van der Waals surface area contributed by atoms with Crippen LogP contribution in [0.25, 0.3) is 0 Å². The van der Waals surface area contributed by atoms with Gasteiger partial charge in [0, 0.05) is 31.4 Å². The maximum atomic E-state index is 13.7. The molecule has 0 unspecified atom stereocenters. The number of amides is 1. The van der Waals surface area contributed by atoms with E-state index in [0.29, 0.717) is 19.2 Å². The number of anilines is 1. The van der Waals surface area contributed by atoms with Crippen LogP contribution in [0.15, 0.2) is 54.6 Å². The molecule has 6 nitrogen and oxygen atoms in total. The maximum absolute atomic E-state index is 13.7. The minimum absolute atomic E-state index is 0.0140. The van der Waals surface area contributed by atoms with Crippen LogP contribution in [0.3, 0.4) is 0 Å². The molecule has 5 rings (SSSR count). The normalized spacial score (nSPS) is 23.6. The molecule has 0 bridgehead atoms. The molecule has 2 fully saturated rings. The zero-order valence-electron chi connectivity index (χ0n) is 19.1. The second-order valence-electron chi connectivity index (χ2n) is 9.27. The number of fused-ring (bicyclic) bond motifs is 1. The van der Waals surface area contributed by atoms with Crippen molar-refractivity contribution < 1.29 is 14.3 Å². The first-order valence-electron chi connectivity index (χ1n) is 11.9. The molecule has 3 heterocycles. The molecular weight excluding hydrogens is 402 g/mol. The van der Waals surface area contributed by atoms with Gasteiger partial charge in [0.05, 0.1) is 6.67 Å². The van der Waals surface area contributed by atoms with Crippen LogP contribution in [0.2, 0.25) is 0 Å². The highest BCUT2D eigenvalue weighted by Crippen LogP contribution is 2.40. The molecule has 2 aromatic rings. The lowest BCUT2D eigenvalue weighted by Crippen LogP contribution is -2.58. The summed E-state index contributed by atoms with van der Waals surface area (Å²) in [6.45, 7) is 8.13. The van der Waals surface area contributed by atoms with E-state index >= 15 is 0 Å². The maximum Gasteiger partial charge on any atom is 0.250 e. The summed E-state index contributed by atoms with van der Waals surface area (Å²) in [6.07, 6.45) is 2.65. The van der Waals surface area contributed by atoms with E-state index < -0.39 is 5.54 Å². The molecule has 0 N–H and O–H groups in total. The highest BCUT2D eigenvalue weighted by Gasteiger charge is 2.54. The van der Waals surface area contributed by atoms with Crippen LogP contribution >= 0.6 is 0 Å². The Morgan fingerprint density at radius 1 is 1.03 bits per heavy atom. The summed E-state index contributed by atoms with van der Waals surface area (Å²) < 4.78 is 12.1. The molecule has 2 aromatic carbocycles. The first kappa shape index (κ1) is 21.1. The molecule has 0 aliphatic carbocycles. The van der Waals surface area contributed by atoms with E-state index in [-0.39, 0.29) is 12.1 Å². The van der Waals surface area contributed by atoms with Crippen molar-refractivity contribution in [1.29, 1.82) is 0 Å². The molecule has 2 saturated heterocycles. The van der Waals surface area contributed by atoms with E-state index in [4.69, 9.17) is 9.47 Å². The van der Waals surface area contributed by atoms with E-state index in [2.05, 4.69) is 52.8 Å². The van der Waals surface area contributed by atoms with Crippen LogP contribution in [0, 0.1) is 0 Å². The Morgan fingerprint density at radius 3 is 2.44 bits per heavy atom. The van der Waals surface area contributed by atoms with E-state index in [9.17, 15) is 4.79 Å². The van der Waals surface area contributed by atoms with Crippen LogP contribution in [0.5, 0.6) is 11.5 Å². The highest BCUT2D eigenvalue weighted by atomic mass is 16.6. The number of hydrogen-bond acceptors (Lipinski definition) is 5. The minimum Gasteiger partial charge on any atom is -0.486 e. The highest BCUT2D eigenvalue weighted by molar-refractivity contribution is 5.93. The fourth-order valence-corrected chi connectivity index (χ4v) is 5.26. The second-order valence-corrected chi connectivity index (χ2v) is 9.27. The summed E-state index contributed by atoms with van der Waals surface area (Å²) in [5.74, 6) is 1.94. The second kappa shape index (κ2) is 8.66. The van der Waals surface area contributed by atoms with E-state index in [1.807, 2.05) is 30.3 Å². The number of para-hydroxylation sites is 3. The van der Waals surface area contributed by atoms with Crippen molar-refractivity contribution in [2.75, 3.05) is 37.8 Å². The Bertz CT molecular complexity index is 942. The third-order valence-electron chi connectivity index (χ3n) is 7.37. The molecule has 1 amide bonds. The summed E-state index contributed by atoms with van der Waals surface area (Å²) in [5, 5.41) is 0. The van der Waals surface area contributed by atoms with Gasteiger partial charge in [0.2, 0.25) is 5.91 Å². The molecule has 3 aliphatic heterocycles. The van der Waals surface area contributed by atoms with Gasteiger partial charge >= 0.3 is 0 Å². The van der Waals surface area contributed by atoms with Gasteiger partial charge in [-0.1, -0.05) is 37.3 Å². The Kier molecular flexibility index (Phi) is 5.72. The number of likely N-dealkylation sites (tertiary alicyclic amines) is 1. The number of hydrogen-bond donors (Lipinski definition) is 0. The van der Waals surface area contributed by atoms with Crippen LogP contribution < -0.4 is 14.4 Å². The molecule has 2 atom stereocenters. The molecule has 6 heteroatoms. The largest absolute Gasteiger partial charge is 0.486 e. The number of carbonyl (C=O) groups excluding carboxylic acids is 1. The van der Waals surface area contributed by atoms with E-state index in [0.717, 1.165) is 56.1 Å². The van der Waals surface area contributed by atoms with Gasteiger partial charge < -0.3 is 19.3 Å². The van der Waals surface area contributed by atoms with Crippen molar-refractivity contribution in [3.8, 4) is 11.5 Å². The molecule has 3 aliphatic rings. The van der Waals surface area contributed by atoms with Crippen molar-refractivity contribution in [3.05, 3.63) is 54.6 Å². The van der Waals surface area contributed by atoms with Crippen molar-refractivity contribution in [2.24, 2.45) is 0 Å². The minimum atomic E-state index is -0.447. The average Bonchev–Trinajstić information content (AvgIpc) is 3.12.